The van der Waals surface area contributed by atoms with E-state index in [9.17, 15) is 4.79 Å². The lowest BCUT2D eigenvalue weighted by atomic mass is 10.00. The van der Waals surface area contributed by atoms with Crippen LogP contribution in [0.4, 0.5) is 0 Å². The lowest BCUT2D eigenvalue weighted by molar-refractivity contribution is 0.414. The van der Waals surface area contributed by atoms with Crippen molar-refractivity contribution < 1.29 is 9.47 Å². The molecule has 166 valence electrons. The largest absolute Gasteiger partial charge is 0.497 e. The smallest absolute Gasteiger partial charge is 0.267 e. The zero-order chi connectivity index (χ0) is 23.2. The standard InChI is InChI=1S/C27H23ClN2O3/c1-32-23-13-7-20(8-14-23)25-18-26(31)30(17-3-4-19-5-11-22(28)12-6-19)29-27(25)21-9-15-24(33-2)16-10-21/h3-16,18H,17H2,1-2H3/b4-3+. The summed E-state index contributed by atoms with van der Waals surface area (Å²) < 4.78 is 12.0. The van der Waals surface area contributed by atoms with Gasteiger partial charge in [0.25, 0.3) is 5.56 Å². The summed E-state index contributed by atoms with van der Waals surface area (Å²) >= 11 is 5.94. The molecule has 1 heterocycles. The number of rotatable bonds is 7. The maximum Gasteiger partial charge on any atom is 0.267 e. The maximum absolute atomic E-state index is 12.9. The lowest BCUT2D eigenvalue weighted by Crippen LogP contribution is -2.22. The van der Waals surface area contributed by atoms with Gasteiger partial charge in [-0.1, -0.05) is 48.0 Å². The third-order valence-corrected chi connectivity index (χ3v) is 5.47. The molecule has 0 aliphatic rings. The average molecular weight is 459 g/mol. The quantitative estimate of drug-likeness (QED) is 0.343. The fourth-order valence-corrected chi connectivity index (χ4v) is 3.56. The molecule has 0 amide bonds. The van der Waals surface area contributed by atoms with Gasteiger partial charge in [0, 0.05) is 22.2 Å². The molecular weight excluding hydrogens is 436 g/mol. The Hall–Kier alpha value is -3.83. The van der Waals surface area contributed by atoms with Crippen LogP contribution in [0.25, 0.3) is 28.5 Å². The van der Waals surface area contributed by atoms with Gasteiger partial charge in [-0.15, -0.1) is 0 Å². The number of halogens is 1. The molecule has 0 N–H and O–H groups in total. The van der Waals surface area contributed by atoms with Crippen LogP contribution >= 0.6 is 11.6 Å². The van der Waals surface area contributed by atoms with Crippen LogP contribution in [0.3, 0.4) is 0 Å². The first-order chi connectivity index (χ1) is 16.1. The second-order valence-electron chi connectivity index (χ2n) is 7.34. The predicted octanol–water partition coefficient (Wildman–Crippen LogP) is 5.96. The minimum atomic E-state index is -0.182. The molecule has 0 fully saturated rings. The molecule has 1 aromatic heterocycles. The van der Waals surface area contributed by atoms with Crippen LogP contribution in [0.2, 0.25) is 5.02 Å². The van der Waals surface area contributed by atoms with Crippen LogP contribution in [-0.2, 0) is 6.54 Å². The van der Waals surface area contributed by atoms with E-state index in [2.05, 4.69) is 0 Å². The van der Waals surface area contributed by atoms with Crippen molar-refractivity contribution in [3.8, 4) is 33.9 Å². The number of aromatic nitrogens is 2. The Bertz CT molecular complexity index is 1310. The van der Waals surface area contributed by atoms with Crippen molar-refractivity contribution in [2.24, 2.45) is 0 Å². The molecule has 3 aromatic carbocycles. The van der Waals surface area contributed by atoms with Crippen LogP contribution < -0.4 is 15.0 Å². The highest BCUT2D eigenvalue weighted by Gasteiger charge is 2.13. The third kappa shape index (κ3) is 5.33. The molecular formula is C27H23ClN2O3. The van der Waals surface area contributed by atoms with Crippen molar-refractivity contribution in [2.75, 3.05) is 14.2 Å². The Labute approximate surface area is 197 Å². The Morgan fingerprint density at radius 1 is 0.848 bits per heavy atom. The van der Waals surface area contributed by atoms with Crippen molar-refractivity contribution >= 4 is 17.7 Å². The van der Waals surface area contributed by atoms with Gasteiger partial charge in [-0.25, -0.2) is 4.68 Å². The van der Waals surface area contributed by atoms with Gasteiger partial charge < -0.3 is 9.47 Å². The number of nitrogens with zero attached hydrogens (tertiary/aromatic N) is 2. The van der Waals surface area contributed by atoms with Gasteiger partial charge in [0.15, 0.2) is 0 Å². The highest BCUT2D eigenvalue weighted by atomic mass is 35.5. The molecule has 0 aliphatic heterocycles. The van der Waals surface area contributed by atoms with Gasteiger partial charge in [-0.05, 0) is 59.7 Å². The normalized spacial score (nSPS) is 11.0. The fourth-order valence-electron chi connectivity index (χ4n) is 3.44. The van der Waals surface area contributed by atoms with E-state index < -0.39 is 0 Å². The maximum atomic E-state index is 12.9. The van der Waals surface area contributed by atoms with Crippen LogP contribution in [0, 0.1) is 0 Å². The number of hydrogen-bond donors (Lipinski definition) is 0. The molecule has 6 heteroatoms. The first-order valence-corrected chi connectivity index (χ1v) is 10.8. The Morgan fingerprint density at radius 2 is 1.42 bits per heavy atom. The summed E-state index contributed by atoms with van der Waals surface area (Å²) in [6, 6.07) is 24.4. The highest BCUT2D eigenvalue weighted by Crippen LogP contribution is 2.31. The lowest BCUT2D eigenvalue weighted by Gasteiger charge is -2.13. The summed E-state index contributed by atoms with van der Waals surface area (Å²) in [6.07, 6.45) is 3.84. The molecule has 0 spiro atoms. The molecule has 0 aliphatic carbocycles. The Kier molecular flexibility index (Phi) is 6.91. The number of methoxy groups -OCH3 is 2. The van der Waals surface area contributed by atoms with E-state index in [1.165, 1.54) is 4.68 Å². The van der Waals surface area contributed by atoms with Crippen molar-refractivity contribution in [3.63, 3.8) is 0 Å². The number of allylic oxidation sites excluding steroid dienone is 1. The van der Waals surface area contributed by atoms with E-state index in [0.717, 1.165) is 33.8 Å². The summed E-state index contributed by atoms with van der Waals surface area (Å²) in [4.78, 5) is 12.9. The Balaban J connectivity index is 1.73. The van der Waals surface area contributed by atoms with E-state index >= 15 is 0 Å². The number of hydrogen-bond acceptors (Lipinski definition) is 4. The van der Waals surface area contributed by atoms with E-state index in [1.54, 1.807) is 20.3 Å². The molecule has 0 radical (unpaired) electrons. The van der Waals surface area contributed by atoms with Gasteiger partial charge >= 0.3 is 0 Å². The van der Waals surface area contributed by atoms with Gasteiger partial charge in [-0.3, -0.25) is 4.79 Å². The van der Waals surface area contributed by atoms with Crippen molar-refractivity contribution in [2.45, 2.75) is 6.54 Å². The van der Waals surface area contributed by atoms with Gasteiger partial charge in [0.05, 0.1) is 26.5 Å². The Morgan fingerprint density at radius 3 is 2.00 bits per heavy atom. The molecule has 33 heavy (non-hydrogen) atoms. The average Bonchev–Trinajstić information content (AvgIpc) is 2.86. The first kappa shape index (κ1) is 22.4. The summed E-state index contributed by atoms with van der Waals surface area (Å²) in [7, 11) is 3.25. The van der Waals surface area contributed by atoms with Gasteiger partial charge in [0.2, 0.25) is 0 Å². The van der Waals surface area contributed by atoms with E-state index in [-0.39, 0.29) is 5.56 Å². The zero-order valence-corrected chi connectivity index (χ0v) is 19.1. The minimum absolute atomic E-state index is 0.182. The summed E-state index contributed by atoms with van der Waals surface area (Å²) in [6.45, 7) is 0.341. The molecule has 4 aromatic rings. The third-order valence-electron chi connectivity index (χ3n) is 5.22. The van der Waals surface area contributed by atoms with E-state index in [0.29, 0.717) is 17.3 Å². The summed E-state index contributed by atoms with van der Waals surface area (Å²) in [5, 5.41) is 5.41. The van der Waals surface area contributed by atoms with Crippen molar-refractivity contribution in [1.29, 1.82) is 0 Å². The second-order valence-corrected chi connectivity index (χ2v) is 7.77. The molecule has 0 saturated carbocycles. The molecule has 0 saturated heterocycles. The molecule has 0 bridgehead atoms. The van der Waals surface area contributed by atoms with Crippen LogP contribution in [0.1, 0.15) is 5.56 Å². The first-order valence-electron chi connectivity index (χ1n) is 10.4. The van der Waals surface area contributed by atoms with Crippen molar-refractivity contribution in [3.05, 3.63) is 106 Å². The fraction of sp³-hybridized carbons (Fsp3) is 0.111. The molecule has 0 unspecified atom stereocenters. The van der Waals surface area contributed by atoms with E-state index in [4.69, 9.17) is 26.2 Å². The predicted molar refractivity (Wildman–Crippen MR) is 133 cm³/mol. The summed E-state index contributed by atoms with van der Waals surface area (Å²) in [5.74, 6) is 1.50. The van der Waals surface area contributed by atoms with Gasteiger partial charge in [-0.2, -0.15) is 5.10 Å². The van der Waals surface area contributed by atoms with Crippen LogP contribution in [0.15, 0.2) is 89.7 Å². The molecule has 5 nitrogen and oxygen atoms in total. The number of ether oxygens (including phenoxy) is 2. The highest BCUT2D eigenvalue weighted by molar-refractivity contribution is 6.30. The zero-order valence-electron chi connectivity index (χ0n) is 18.4. The second kappa shape index (κ2) is 10.2. The van der Waals surface area contributed by atoms with E-state index in [1.807, 2.05) is 84.9 Å². The van der Waals surface area contributed by atoms with Crippen LogP contribution in [0.5, 0.6) is 11.5 Å². The molecule has 4 rings (SSSR count). The SMILES string of the molecule is COc1ccc(-c2cc(=O)n(C/C=C/c3ccc(Cl)cc3)nc2-c2ccc(OC)cc2)cc1. The van der Waals surface area contributed by atoms with Gasteiger partial charge in [0.1, 0.15) is 11.5 Å². The number of benzene rings is 3. The van der Waals surface area contributed by atoms with Crippen molar-refractivity contribution in [1.82, 2.24) is 9.78 Å². The monoisotopic (exact) mass is 458 g/mol. The minimum Gasteiger partial charge on any atom is -0.497 e. The molecule has 0 atom stereocenters. The van der Waals surface area contributed by atoms with Crippen LogP contribution in [-0.4, -0.2) is 24.0 Å². The topological polar surface area (TPSA) is 53.4 Å². The summed E-state index contributed by atoms with van der Waals surface area (Å²) in [5.41, 5.74) is 4.05.